The Bertz CT molecular complexity index is 1100. The first-order valence-electron chi connectivity index (χ1n) is 9.18. The van der Waals surface area contributed by atoms with Gasteiger partial charge in [-0.25, -0.2) is 4.39 Å². The number of benzene rings is 2. The highest BCUT2D eigenvalue weighted by atomic mass is 19.4. The molecule has 0 saturated carbocycles. The van der Waals surface area contributed by atoms with Crippen LogP contribution in [0.5, 0.6) is 0 Å². The van der Waals surface area contributed by atoms with Gasteiger partial charge < -0.3 is 10.2 Å². The van der Waals surface area contributed by atoms with Crippen LogP contribution in [0.3, 0.4) is 0 Å². The standard InChI is InChI=1S/C19H13F10N3O2/c1-9-6-10(2-5-13(9)32(33)34)8-31-14-7-11(16(20,18(24,25)26)19(27,28)29)3-4-12(14)30-15(31)17(21,22)23/h2-7,15,30H,8H2,1H3. The Balaban J connectivity index is 2.12. The summed E-state index contributed by atoms with van der Waals surface area (Å²) in [5.74, 6) is 0. The van der Waals surface area contributed by atoms with Crippen molar-refractivity contribution in [2.45, 2.75) is 43.8 Å². The van der Waals surface area contributed by atoms with E-state index in [1.54, 1.807) is 0 Å². The normalized spacial score (nSPS) is 16.9. The van der Waals surface area contributed by atoms with Crippen LogP contribution < -0.4 is 10.2 Å². The summed E-state index contributed by atoms with van der Waals surface area (Å²) in [5, 5.41) is 12.9. The molecular weight excluding hydrogens is 492 g/mol. The van der Waals surface area contributed by atoms with E-state index in [1.807, 2.05) is 5.32 Å². The number of nitro groups is 1. The monoisotopic (exact) mass is 505 g/mol. The molecule has 3 rings (SSSR count). The van der Waals surface area contributed by atoms with E-state index in [1.165, 1.54) is 6.92 Å². The molecular formula is C19H13F10N3O2. The zero-order valence-corrected chi connectivity index (χ0v) is 16.7. The Morgan fingerprint density at radius 3 is 2.00 bits per heavy atom. The number of halogens is 10. The van der Waals surface area contributed by atoms with Crippen molar-refractivity contribution in [3.63, 3.8) is 0 Å². The van der Waals surface area contributed by atoms with Crippen LogP contribution in [-0.2, 0) is 12.2 Å². The molecule has 0 fully saturated rings. The van der Waals surface area contributed by atoms with Gasteiger partial charge in [-0.1, -0.05) is 12.1 Å². The molecule has 1 atom stereocenters. The van der Waals surface area contributed by atoms with Crippen molar-refractivity contribution in [2.24, 2.45) is 0 Å². The summed E-state index contributed by atoms with van der Waals surface area (Å²) in [7, 11) is 0. The molecule has 0 bridgehead atoms. The van der Waals surface area contributed by atoms with Crippen LogP contribution in [0.4, 0.5) is 61.0 Å². The van der Waals surface area contributed by atoms with Crippen molar-refractivity contribution >= 4 is 17.1 Å². The number of rotatable bonds is 4. The Morgan fingerprint density at radius 1 is 0.941 bits per heavy atom. The van der Waals surface area contributed by atoms with Gasteiger partial charge in [0.1, 0.15) is 0 Å². The number of nitro benzene ring substituents is 1. The molecule has 0 amide bonds. The third-order valence-electron chi connectivity index (χ3n) is 5.21. The molecule has 0 aromatic heterocycles. The van der Waals surface area contributed by atoms with Crippen LogP contribution in [0, 0.1) is 17.0 Å². The number of anilines is 2. The fourth-order valence-electron chi connectivity index (χ4n) is 3.61. The van der Waals surface area contributed by atoms with Crippen LogP contribution in [-0.4, -0.2) is 29.6 Å². The number of nitrogens with zero attached hydrogens (tertiary/aromatic N) is 2. The molecule has 1 aliphatic heterocycles. The molecule has 15 heteroatoms. The van der Waals surface area contributed by atoms with E-state index in [-0.39, 0.29) is 28.9 Å². The highest BCUT2D eigenvalue weighted by Crippen LogP contribution is 2.55. The van der Waals surface area contributed by atoms with Gasteiger partial charge in [-0.15, -0.1) is 0 Å². The molecule has 1 aliphatic rings. The quantitative estimate of drug-likeness (QED) is 0.292. The van der Waals surface area contributed by atoms with E-state index >= 15 is 0 Å². The maximum absolute atomic E-state index is 14.5. The van der Waals surface area contributed by atoms with Crippen LogP contribution in [0.15, 0.2) is 36.4 Å². The van der Waals surface area contributed by atoms with Gasteiger partial charge in [0.25, 0.3) is 5.69 Å². The molecule has 2 aromatic rings. The predicted molar refractivity (Wildman–Crippen MR) is 98.8 cm³/mol. The number of nitrogens with one attached hydrogen (secondary N) is 1. The second kappa shape index (κ2) is 7.91. The Labute approximate surface area is 184 Å². The average Bonchev–Trinajstić information content (AvgIpc) is 3.03. The first kappa shape index (κ1) is 25.4. The van der Waals surface area contributed by atoms with Crippen LogP contribution >= 0.6 is 0 Å². The number of hydrogen-bond donors (Lipinski definition) is 1. The van der Waals surface area contributed by atoms with Crippen molar-refractivity contribution in [1.82, 2.24) is 0 Å². The van der Waals surface area contributed by atoms with E-state index in [4.69, 9.17) is 0 Å². The average molecular weight is 505 g/mol. The first-order chi connectivity index (χ1) is 15.4. The van der Waals surface area contributed by atoms with Crippen molar-refractivity contribution in [3.8, 4) is 0 Å². The minimum absolute atomic E-state index is 0.0376. The Hall–Kier alpha value is -3.26. The van der Waals surface area contributed by atoms with Gasteiger partial charge in [0.15, 0.2) is 6.17 Å². The van der Waals surface area contributed by atoms with Crippen LogP contribution in [0.1, 0.15) is 16.7 Å². The van der Waals surface area contributed by atoms with Crippen LogP contribution in [0.25, 0.3) is 0 Å². The molecule has 1 unspecified atom stereocenters. The van der Waals surface area contributed by atoms with Crippen molar-refractivity contribution in [1.29, 1.82) is 0 Å². The van der Waals surface area contributed by atoms with E-state index in [2.05, 4.69) is 0 Å². The third-order valence-corrected chi connectivity index (χ3v) is 5.21. The predicted octanol–water partition coefficient (Wildman–Crippen LogP) is 6.51. The van der Waals surface area contributed by atoms with Gasteiger partial charge in [0.05, 0.1) is 16.3 Å². The lowest BCUT2D eigenvalue weighted by atomic mass is 9.93. The molecule has 0 saturated heterocycles. The molecule has 0 radical (unpaired) electrons. The van der Waals surface area contributed by atoms with E-state index in [0.717, 1.165) is 18.2 Å². The lowest BCUT2D eigenvalue weighted by Gasteiger charge is -2.31. The fourth-order valence-corrected chi connectivity index (χ4v) is 3.61. The summed E-state index contributed by atoms with van der Waals surface area (Å²) < 4.78 is 134. The lowest BCUT2D eigenvalue weighted by molar-refractivity contribution is -0.385. The smallest absolute Gasteiger partial charge is 0.356 e. The summed E-state index contributed by atoms with van der Waals surface area (Å²) in [5.41, 5.74) is -9.26. The molecule has 34 heavy (non-hydrogen) atoms. The fraction of sp³-hybridized carbons (Fsp3) is 0.368. The summed E-state index contributed by atoms with van der Waals surface area (Å²) in [6, 6.07) is 3.90. The van der Waals surface area contributed by atoms with Gasteiger partial charge in [0, 0.05) is 23.7 Å². The summed E-state index contributed by atoms with van der Waals surface area (Å²) >= 11 is 0. The summed E-state index contributed by atoms with van der Waals surface area (Å²) in [4.78, 5) is 10.6. The molecule has 5 nitrogen and oxygen atoms in total. The first-order valence-corrected chi connectivity index (χ1v) is 9.18. The van der Waals surface area contributed by atoms with Gasteiger partial charge in [-0.05, 0) is 30.7 Å². The number of fused-ring (bicyclic) bond motifs is 1. The number of hydrogen-bond acceptors (Lipinski definition) is 4. The number of aryl methyl sites for hydroxylation is 1. The van der Waals surface area contributed by atoms with E-state index in [9.17, 15) is 54.0 Å². The molecule has 0 spiro atoms. The summed E-state index contributed by atoms with van der Waals surface area (Å²) in [6.07, 6.45) is -20.5. The minimum atomic E-state index is -6.45. The second-order valence-corrected chi connectivity index (χ2v) is 7.48. The summed E-state index contributed by atoms with van der Waals surface area (Å²) in [6.45, 7) is 0.574. The molecule has 1 N–H and O–H groups in total. The third kappa shape index (κ3) is 4.18. The van der Waals surface area contributed by atoms with Gasteiger partial charge in [-0.3, -0.25) is 10.1 Å². The van der Waals surface area contributed by atoms with Crippen molar-refractivity contribution in [3.05, 3.63) is 63.2 Å². The Kier molecular flexibility index (Phi) is 5.90. The Morgan fingerprint density at radius 2 is 1.53 bits per heavy atom. The topological polar surface area (TPSA) is 58.4 Å². The van der Waals surface area contributed by atoms with Gasteiger partial charge in [0.2, 0.25) is 0 Å². The second-order valence-electron chi connectivity index (χ2n) is 7.48. The SMILES string of the molecule is Cc1cc(CN2c3cc(C(F)(C(F)(F)F)C(F)(F)F)ccc3NC2C(F)(F)F)ccc1[N+](=O)[O-]. The maximum atomic E-state index is 14.5. The molecule has 186 valence electrons. The van der Waals surface area contributed by atoms with Gasteiger partial charge >= 0.3 is 24.2 Å². The molecule has 1 heterocycles. The van der Waals surface area contributed by atoms with Crippen LogP contribution in [0.2, 0.25) is 0 Å². The highest BCUT2D eigenvalue weighted by Gasteiger charge is 2.73. The van der Waals surface area contributed by atoms with Gasteiger partial charge in [-0.2, -0.15) is 39.5 Å². The maximum Gasteiger partial charge on any atom is 0.435 e. The van der Waals surface area contributed by atoms with E-state index < -0.39 is 58.8 Å². The van der Waals surface area contributed by atoms with Crippen molar-refractivity contribution in [2.75, 3.05) is 10.2 Å². The largest absolute Gasteiger partial charge is 0.435 e. The molecule has 2 aromatic carbocycles. The molecule has 0 aliphatic carbocycles. The van der Waals surface area contributed by atoms with Crippen molar-refractivity contribution < 1.29 is 48.8 Å². The minimum Gasteiger partial charge on any atom is -0.356 e. The van der Waals surface area contributed by atoms with E-state index in [0.29, 0.717) is 11.0 Å². The number of alkyl halides is 10. The lowest BCUT2D eigenvalue weighted by Crippen LogP contribution is -2.50. The zero-order chi connectivity index (χ0) is 25.9. The highest BCUT2D eigenvalue weighted by molar-refractivity contribution is 5.77. The zero-order valence-electron chi connectivity index (χ0n) is 16.7.